The van der Waals surface area contributed by atoms with Crippen molar-refractivity contribution in [2.24, 2.45) is 13.0 Å². The number of hydrogen-bond donors (Lipinski definition) is 0. The second-order valence-corrected chi connectivity index (χ2v) is 9.32. The molecule has 2 aromatic carbocycles. The van der Waals surface area contributed by atoms with Crippen LogP contribution in [0.25, 0.3) is 32.2 Å². The lowest BCUT2D eigenvalue weighted by atomic mass is 9.89. The lowest BCUT2D eigenvalue weighted by Gasteiger charge is -2.24. The summed E-state index contributed by atoms with van der Waals surface area (Å²) in [7, 11) is 2.20. The predicted octanol–water partition coefficient (Wildman–Crippen LogP) is 6.69. The van der Waals surface area contributed by atoms with Crippen LogP contribution in [-0.2, 0) is 13.5 Å². The van der Waals surface area contributed by atoms with Crippen LogP contribution in [-0.4, -0.2) is 0 Å². The van der Waals surface area contributed by atoms with Crippen LogP contribution in [0, 0.1) is 12.8 Å². The van der Waals surface area contributed by atoms with Crippen LogP contribution in [0.1, 0.15) is 36.8 Å². The molecule has 0 radical (unpaired) electrons. The van der Waals surface area contributed by atoms with Crippen LogP contribution >= 0.6 is 11.3 Å². The molecule has 1 saturated carbocycles. The number of aromatic nitrogens is 1. The standard InChI is InChI=1S/C25H24NOS/c1-15-10-11-17-8-5-9-20-22(17)21(15)23-24(27-20)19(14-16-6-3-4-7-16)18-12-13-28-25(18)26(23)2/h5,8-13,16H,3-4,6-7,14H2,1-2H3/q+1. The van der Waals surface area contributed by atoms with Gasteiger partial charge in [0.1, 0.15) is 12.8 Å². The fourth-order valence-electron chi connectivity index (χ4n) is 5.36. The van der Waals surface area contributed by atoms with Gasteiger partial charge in [-0.05, 0) is 47.7 Å². The summed E-state index contributed by atoms with van der Waals surface area (Å²) in [6.45, 7) is 2.23. The Morgan fingerprint density at radius 2 is 1.96 bits per heavy atom. The molecule has 0 N–H and O–H groups in total. The maximum absolute atomic E-state index is 6.69. The Kier molecular flexibility index (Phi) is 3.58. The van der Waals surface area contributed by atoms with Crippen LogP contribution < -0.4 is 9.30 Å². The number of ether oxygens (including phenoxy) is 1. The highest BCUT2D eigenvalue weighted by molar-refractivity contribution is 7.16. The second-order valence-electron chi connectivity index (χ2n) is 8.42. The maximum atomic E-state index is 6.69. The summed E-state index contributed by atoms with van der Waals surface area (Å²) in [5.41, 5.74) is 5.34. The fourth-order valence-corrected chi connectivity index (χ4v) is 6.26. The minimum absolute atomic E-state index is 0.789. The summed E-state index contributed by atoms with van der Waals surface area (Å²) in [5.74, 6) is 2.89. The third kappa shape index (κ3) is 2.23. The highest BCUT2D eigenvalue weighted by atomic mass is 32.1. The average Bonchev–Trinajstić information content (AvgIpc) is 3.39. The largest absolute Gasteiger partial charge is 0.449 e. The van der Waals surface area contributed by atoms with Gasteiger partial charge in [0.15, 0.2) is 0 Å². The van der Waals surface area contributed by atoms with Gasteiger partial charge in [0.25, 0.3) is 10.5 Å². The van der Waals surface area contributed by atoms with Gasteiger partial charge in [0.05, 0.1) is 10.9 Å². The van der Waals surface area contributed by atoms with E-state index in [1.165, 1.54) is 69.1 Å². The summed E-state index contributed by atoms with van der Waals surface area (Å²) >= 11 is 1.84. The molecule has 6 rings (SSSR count). The SMILES string of the molecule is Cc1ccc2cccc3c2c1-c1c(c(CC2CCCC2)c2ccsc2[n+]1C)O3. The van der Waals surface area contributed by atoms with Crippen molar-refractivity contribution in [3.05, 3.63) is 52.9 Å². The normalized spacial score (nSPS) is 15.9. The molecule has 0 bridgehead atoms. The van der Waals surface area contributed by atoms with Gasteiger partial charge < -0.3 is 4.74 Å². The first-order chi connectivity index (χ1) is 13.7. The smallest absolute Gasteiger partial charge is 0.269 e. The lowest BCUT2D eigenvalue weighted by molar-refractivity contribution is -0.631. The molecule has 0 saturated heterocycles. The van der Waals surface area contributed by atoms with Gasteiger partial charge in [-0.2, -0.15) is 4.57 Å². The van der Waals surface area contributed by atoms with E-state index in [1.54, 1.807) is 0 Å². The Labute approximate surface area is 169 Å². The number of thiophene rings is 1. The summed E-state index contributed by atoms with van der Waals surface area (Å²) in [5, 5.41) is 6.12. The third-order valence-electron chi connectivity index (χ3n) is 6.73. The lowest BCUT2D eigenvalue weighted by Crippen LogP contribution is -2.33. The van der Waals surface area contributed by atoms with Crippen molar-refractivity contribution in [1.82, 2.24) is 0 Å². The van der Waals surface area contributed by atoms with Gasteiger partial charge in [-0.3, -0.25) is 0 Å². The summed E-state index contributed by atoms with van der Waals surface area (Å²) in [6.07, 6.45) is 6.59. The number of nitrogens with zero attached hydrogens (tertiary/aromatic N) is 1. The van der Waals surface area contributed by atoms with E-state index in [2.05, 4.69) is 60.3 Å². The van der Waals surface area contributed by atoms with Gasteiger partial charge in [-0.1, -0.05) is 61.3 Å². The van der Waals surface area contributed by atoms with E-state index in [-0.39, 0.29) is 0 Å². The van der Waals surface area contributed by atoms with E-state index in [0.717, 1.165) is 23.8 Å². The Morgan fingerprint density at radius 1 is 1.11 bits per heavy atom. The maximum Gasteiger partial charge on any atom is 0.269 e. The second kappa shape index (κ2) is 6.05. The topological polar surface area (TPSA) is 13.1 Å². The summed E-state index contributed by atoms with van der Waals surface area (Å²) in [6, 6.07) is 13.2. The number of fused-ring (bicyclic) bond motifs is 3. The Morgan fingerprint density at radius 3 is 2.82 bits per heavy atom. The molecule has 1 fully saturated rings. The van der Waals surface area contributed by atoms with Crippen LogP contribution in [0.2, 0.25) is 0 Å². The van der Waals surface area contributed by atoms with Gasteiger partial charge in [-0.25, -0.2) is 0 Å². The molecule has 0 atom stereocenters. The molecule has 2 nitrogen and oxygen atoms in total. The number of hydrogen-bond acceptors (Lipinski definition) is 2. The highest BCUT2D eigenvalue weighted by Gasteiger charge is 2.35. The molecule has 2 aliphatic rings. The van der Waals surface area contributed by atoms with Gasteiger partial charge >= 0.3 is 0 Å². The van der Waals surface area contributed by atoms with Crippen molar-refractivity contribution in [2.75, 3.05) is 0 Å². The summed E-state index contributed by atoms with van der Waals surface area (Å²) in [4.78, 5) is 1.35. The van der Waals surface area contributed by atoms with Crippen molar-refractivity contribution < 1.29 is 9.30 Å². The van der Waals surface area contributed by atoms with Crippen LogP contribution in [0.3, 0.4) is 0 Å². The van der Waals surface area contributed by atoms with Crippen molar-refractivity contribution >= 4 is 32.3 Å². The van der Waals surface area contributed by atoms with Crippen LogP contribution in [0.15, 0.2) is 41.8 Å². The monoisotopic (exact) mass is 386 g/mol. The average molecular weight is 387 g/mol. The number of pyridine rings is 1. The first-order valence-corrected chi connectivity index (χ1v) is 11.2. The zero-order valence-electron chi connectivity index (χ0n) is 16.4. The van der Waals surface area contributed by atoms with E-state index in [4.69, 9.17) is 4.74 Å². The quantitative estimate of drug-likeness (QED) is 0.308. The molecule has 4 aromatic rings. The molecule has 28 heavy (non-hydrogen) atoms. The Balaban J connectivity index is 1.72. The third-order valence-corrected chi connectivity index (χ3v) is 7.72. The first kappa shape index (κ1) is 16.6. The van der Waals surface area contributed by atoms with Crippen LogP contribution in [0.4, 0.5) is 0 Å². The predicted molar refractivity (Wildman–Crippen MR) is 116 cm³/mol. The minimum Gasteiger partial charge on any atom is -0.449 e. The molecule has 0 unspecified atom stereocenters. The van der Waals surface area contributed by atoms with Crippen molar-refractivity contribution in [2.45, 2.75) is 39.0 Å². The summed E-state index contributed by atoms with van der Waals surface area (Å²) < 4.78 is 9.05. The zero-order chi connectivity index (χ0) is 18.8. The van der Waals surface area contributed by atoms with E-state index >= 15 is 0 Å². The van der Waals surface area contributed by atoms with Crippen molar-refractivity contribution in [3.8, 4) is 22.8 Å². The van der Waals surface area contributed by atoms with Gasteiger partial charge in [0, 0.05) is 10.9 Å². The highest BCUT2D eigenvalue weighted by Crippen LogP contribution is 2.50. The van der Waals surface area contributed by atoms with Crippen LogP contribution in [0.5, 0.6) is 11.5 Å². The fraction of sp³-hybridized carbons (Fsp3) is 0.320. The molecule has 2 aromatic heterocycles. The van der Waals surface area contributed by atoms with Gasteiger partial charge in [0.2, 0.25) is 5.75 Å². The molecule has 0 amide bonds. The van der Waals surface area contributed by atoms with E-state index in [1.807, 2.05) is 11.3 Å². The number of aryl methyl sites for hydroxylation is 2. The molecule has 0 spiro atoms. The van der Waals surface area contributed by atoms with E-state index < -0.39 is 0 Å². The van der Waals surface area contributed by atoms with Gasteiger partial charge in [-0.15, -0.1) is 0 Å². The first-order valence-electron chi connectivity index (χ1n) is 10.3. The molecule has 1 aliphatic heterocycles. The molecule has 3 heteroatoms. The van der Waals surface area contributed by atoms with E-state index in [9.17, 15) is 0 Å². The molecular formula is C25H24NOS+. The molecule has 1 aliphatic carbocycles. The number of benzene rings is 2. The Hall–Kier alpha value is -2.39. The molecular weight excluding hydrogens is 362 g/mol. The number of rotatable bonds is 2. The van der Waals surface area contributed by atoms with Crippen molar-refractivity contribution in [3.63, 3.8) is 0 Å². The Bertz CT molecular complexity index is 1250. The molecule has 140 valence electrons. The minimum atomic E-state index is 0.789. The van der Waals surface area contributed by atoms with Crippen molar-refractivity contribution in [1.29, 1.82) is 0 Å². The van der Waals surface area contributed by atoms with E-state index in [0.29, 0.717) is 0 Å². The molecule has 3 heterocycles. The zero-order valence-corrected chi connectivity index (χ0v) is 17.2.